The zero-order chi connectivity index (χ0) is 27.0. The predicted octanol–water partition coefficient (Wildman–Crippen LogP) is 9.19. The Kier molecular flexibility index (Phi) is 8.49. The predicted molar refractivity (Wildman–Crippen MR) is 170 cm³/mol. The molecule has 0 aliphatic heterocycles. The second kappa shape index (κ2) is 11.9. The van der Waals surface area contributed by atoms with E-state index in [1.807, 2.05) is 61.0 Å². The first-order chi connectivity index (χ1) is 18.9. The number of pyridine rings is 2. The van der Waals surface area contributed by atoms with E-state index in [2.05, 4.69) is 90.3 Å². The van der Waals surface area contributed by atoms with Gasteiger partial charge in [0.2, 0.25) is 0 Å². The molecule has 6 aromatic rings. The summed E-state index contributed by atoms with van der Waals surface area (Å²) in [6, 6.07) is 34.4. The van der Waals surface area contributed by atoms with Gasteiger partial charge in [-0.25, -0.2) is 0 Å². The van der Waals surface area contributed by atoms with Crippen LogP contribution in [0.1, 0.15) is 29.9 Å². The van der Waals surface area contributed by atoms with Gasteiger partial charge in [0, 0.05) is 37.2 Å². The van der Waals surface area contributed by atoms with E-state index in [9.17, 15) is 0 Å². The molecule has 0 bridgehead atoms. The van der Waals surface area contributed by atoms with Crippen molar-refractivity contribution in [2.24, 2.45) is 0 Å². The van der Waals surface area contributed by atoms with Crippen LogP contribution < -0.4 is 5.19 Å². The Hall–Kier alpha value is -2.95. The molecule has 0 spiro atoms. The third kappa shape index (κ3) is 6.18. The van der Waals surface area contributed by atoms with Crippen LogP contribution in [0.5, 0.6) is 0 Å². The van der Waals surface area contributed by atoms with Crippen LogP contribution in [0.25, 0.3) is 42.7 Å². The van der Waals surface area contributed by atoms with Crippen LogP contribution in [0, 0.1) is 19.1 Å². The van der Waals surface area contributed by atoms with Crippen molar-refractivity contribution in [3.63, 3.8) is 0 Å². The first-order valence-electron chi connectivity index (χ1n) is 13.6. The van der Waals surface area contributed by atoms with Gasteiger partial charge in [-0.2, -0.15) is 11.3 Å². The van der Waals surface area contributed by atoms with Gasteiger partial charge in [0.1, 0.15) is 0 Å². The van der Waals surface area contributed by atoms with E-state index in [0.717, 1.165) is 28.4 Å². The number of rotatable bonds is 4. The Morgan fingerprint density at radius 2 is 1.68 bits per heavy atom. The molecule has 3 aromatic heterocycles. The van der Waals surface area contributed by atoms with Gasteiger partial charge in [0.25, 0.3) is 0 Å². The van der Waals surface area contributed by atoms with Crippen LogP contribution in [0.4, 0.5) is 0 Å². The van der Waals surface area contributed by atoms with Crippen molar-refractivity contribution in [3.8, 4) is 22.5 Å². The maximum Gasteiger partial charge on any atom is 0.0776 e. The topological polar surface area (TPSA) is 25.8 Å². The Labute approximate surface area is 255 Å². The van der Waals surface area contributed by atoms with E-state index in [-0.39, 0.29) is 20.1 Å². The summed E-state index contributed by atoms with van der Waals surface area (Å²) < 4.78 is 2.68. The molecule has 1 saturated carbocycles. The van der Waals surface area contributed by atoms with Crippen molar-refractivity contribution in [1.29, 1.82) is 0 Å². The number of hydrogen-bond acceptors (Lipinski definition) is 3. The molecule has 1 aliphatic rings. The third-order valence-corrected chi connectivity index (χ3v) is 10.5. The van der Waals surface area contributed by atoms with E-state index >= 15 is 0 Å². The van der Waals surface area contributed by atoms with E-state index in [1.54, 1.807) is 0 Å². The van der Waals surface area contributed by atoms with E-state index in [1.165, 1.54) is 49.3 Å². The minimum atomic E-state index is -1.32. The van der Waals surface area contributed by atoms with Crippen LogP contribution in [-0.4, -0.2) is 18.0 Å². The quantitative estimate of drug-likeness (QED) is 0.134. The molecule has 0 amide bonds. The number of aromatic nitrogens is 2. The molecule has 1 aliphatic carbocycles. The molecule has 0 N–H and O–H groups in total. The molecule has 2 nitrogen and oxygen atoms in total. The van der Waals surface area contributed by atoms with Gasteiger partial charge in [-0.05, 0) is 64.9 Å². The summed E-state index contributed by atoms with van der Waals surface area (Å²) in [5, 5.41) is 4.25. The summed E-state index contributed by atoms with van der Waals surface area (Å²) >= 11 is 1.88. The fourth-order valence-electron chi connectivity index (χ4n) is 4.83. The van der Waals surface area contributed by atoms with Gasteiger partial charge in [-0.1, -0.05) is 66.1 Å². The fourth-order valence-corrected chi connectivity index (χ4v) is 7.18. The zero-order valence-electron chi connectivity index (χ0n) is 23.3. The number of aryl methyl sites for hydroxylation is 1. The maximum atomic E-state index is 4.68. The van der Waals surface area contributed by atoms with Crippen LogP contribution in [0.15, 0.2) is 91.3 Å². The van der Waals surface area contributed by atoms with Gasteiger partial charge in [-0.15, -0.1) is 59.7 Å². The molecule has 3 heterocycles. The van der Waals surface area contributed by atoms with Gasteiger partial charge < -0.3 is 9.97 Å². The number of nitrogens with zero attached hydrogens (tertiary/aromatic N) is 2. The summed E-state index contributed by atoms with van der Waals surface area (Å²) in [5.74, 6) is 0.748. The molecule has 3 aromatic carbocycles. The maximum absolute atomic E-state index is 4.68. The monoisotopic (exact) mass is 733 g/mol. The average Bonchev–Trinajstić information content (AvgIpc) is 3.74. The van der Waals surface area contributed by atoms with Crippen LogP contribution in [-0.2, 0) is 20.1 Å². The summed E-state index contributed by atoms with van der Waals surface area (Å²) in [4.78, 5) is 9.00. The Balaban J connectivity index is 0.000000195. The van der Waals surface area contributed by atoms with Crippen molar-refractivity contribution in [1.82, 2.24) is 9.97 Å². The second-order valence-electron chi connectivity index (χ2n) is 11.4. The fraction of sp³-hybridized carbons (Fsp3) is 0.200. The van der Waals surface area contributed by atoms with Crippen LogP contribution in [0.2, 0.25) is 19.6 Å². The number of thiophene rings is 1. The Bertz CT molecular complexity index is 1750. The molecule has 0 saturated heterocycles. The van der Waals surface area contributed by atoms with E-state index < -0.39 is 8.07 Å². The van der Waals surface area contributed by atoms with Crippen molar-refractivity contribution in [3.05, 3.63) is 115 Å². The molecule has 0 atom stereocenters. The molecule has 7 rings (SSSR count). The van der Waals surface area contributed by atoms with Gasteiger partial charge in [-0.3, -0.25) is 0 Å². The average molecular weight is 733 g/mol. The van der Waals surface area contributed by atoms with Crippen molar-refractivity contribution < 1.29 is 20.1 Å². The minimum Gasteiger partial charge on any atom is -0.305 e. The summed E-state index contributed by atoms with van der Waals surface area (Å²) in [5.41, 5.74) is 6.86. The second-order valence-corrected chi connectivity index (χ2v) is 17.5. The smallest absolute Gasteiger partial charge is 0.0776 e. The largest absolute Gasteiger partial charge is 0.305 e. The van der Waals surface area contributed by atoms with Crippen LogP contribution >= 0.6 is 11.3 Å². The van der Waals surface area contributed by atoms with Gasteiger partial charge in [0.05, 0.1) is 8.07 Å². The summed E-state index contributed by atoms with van der Waals surface area (Å²) in [7, 11) is -1.32. The number of fused-ring (bicyclic) bond motifs is 3. The molecule has 5 heteroatoms. The number of benzene rings is 3. The molecule has 0 unspecified atom stereocenters. The molecule has 1 radical (unpaired) electrons. The van der Waals surface area contributed by atoms with Crippen molar-refractivity contribution in [2.45, 2.75) is 45.3 Å². The first kappa shape index (κ1) is 28.6. The van der Waals surface area contributed by atoms with Gasteiger partial charge in [0.15, 0.2) is 0 Å². The van der Waals surface area contributed by atoms with Crippen LogP contribution in [0.3, 0.4) is 0 Å². The third-order valence-electron chi connectivity index (χ3n) is 7.28. The molecular formula is C35H32IrN2SSi-2. The van der Waals surface area contributed by atoms with E-state index in [0.29, 0.717) is 0 Å². The summed E-state index contributed by atoms with van der Waals surface area (Å²) in [6.45, 7) is 9.27. The number of hydrogen-bond donors (Lipinski definition) is 0. The SMILES string of the molecule is C[Si](C)(C)c1ccc2sc3c(-c4cc(C5CC5)ccn4)[c-]ccc3c2c1.Cc1ccc(-c2[c-]cccc2)nc1.[Ir]. The van der Waals surface area contributed by atoms with Crippen molar-refractivity contribution >= 4 is 44.8 Å². The first-order valence-corrected chi connectivity index (χ1v) is 17.9. The molecule has 40 heavy (non-hydrogen) atoms. The Morgan fingerprint density at radius 1 is 0.825 bits per heavy atom. The normalized spacial score (nSPS) is 13.0. The van der Waals surface area contributed by atoms with E-state index in [4.69, 9.17) is 0 Å². The molecule has 1 fully saturated rings. The van der Waals surface area contributed by atoms with Gasteiger partial charge >= 0.3 is 0 Å². The zero-order valence-corrected chi connectivity index (χ0v) is 27.5. The summed E-state index contributed by atoms with van der Waals surface area (Å²) in [6.07, 6.45) is 6.47. The minimum absolute atomic E-state index is 0. The molecule has 203 valence electrons. The molecular weight excluding hydrogens is 701 g/mol. The Morgan fingerprint density at radius 3 is 2.38 bits per heavy atom. The standard InChI is InChI=1S/C23H22NSSi.C12H10N.Ir/c1-26(2,3)17-9-10-22-20(14-17)18-5-4-6-19(23(18)25-22)21-13-16(11-12-24-21)15-7-8-15;1-10-7-8-12(13-9-10)11-5-3-2-4-6-11;/h4-5,9-15H,7-8H2,1-3H3;2-5,7-9H,1H3;/q2*-1;. The van der Waals surface area contributed by atoms with Crippen molar-refractivity contribution in [2.75, 3.05) is 0 Å².